The second-order valence-corrected chi connectivity index (χ2v) is 11.1. The molecule has 1 N–H and O–H groups in total. The summed E-state index contributed by atoms with van der Waals surface area (Å²) in [6, 6.07) is 15.9. The van der Waals surface area contributed by atoms with Gasteiger partial charge in [-0.1, -0.05) is 57.6 Å². The van der Waals surface area contributed by atoms with Gasteiger partial charge >= 0.3 is 0 Å². The summed E-state index contributed by atoms with van der Waals surface area (Å²) in [6.45, 7) is 3.74. The van der Waals surface area contributed by atoms with Crippen molar-refractivity contribution in [2.24, 2.45) is 0 Å². The minimum atomic E-state index is -0.290. The number of methoxy groups -OCH3 is 1. The largest absolute Gasteiger partial charge is 0.493 e. The van der Waals surface area contributed by atoms with Crippen LogP contribution in [0.3, 0.4) is 0 Å². The Kier molecular flexibility index (Phi) is 8.59. The van der Waals surface area contributed by atoms with Crippen molar-refractivity contribution in [1.82, 2.24) is 0 Å². The molecule has 1 heterocycles. The number of amides is 2. The third-order valence-corrected chi connectivity index (χ3v) is 8.13. The fraction of sp³-hybridized carbons (Fsp3) is 0.148. The molecule has 2 amide bonds. The highest BCUT2D eigenvalue weighted by molar-refractivity contribution is 9.10. The van der Waals surface area contributed by atoms with Gasteiger partial charge in [-0.3, -0.25) is 14.5 Å². The van der Waals surface area contributed by atoms with Gasteiger partial charge in [-0.2, -0.15) is 0 Å². The molecule has 1 saturated heterocycles. The normalized spacial score (nSPS) is 14.3. The molecular formula is C27H22BrClN2O4S2. The topological polar surface area (TPSA) is 67.9 Å². The predicted octanol–water partition coefficient (Wildman–Crippen LogP) is 7.15. The average Bonchev–Trinajstić information content (AvgIpc) is 3.16. The number of thiocarbonyl (C=S) groups is 1. The smallest absolute Gasteiger partial charge is 0.270 e. The molecule has 0 unspecified atom stereocenters. The van der Waals surface area contributed by atoms with Crippen molar-refractivity contribution in [1.29, 1.82) is 0 Å². The van der Waals surface area contributed by atoms with E-state index in [0.717, 1.165) is 26.9 Å². The molecular weight excluding hydrogens is 596 g/mol. The maximum atomic E-state index is 13.0. The summed E-state index contributed by atoms with van der Waals surface area (Å²) >= 11 is 16.1. The molecule has 1 aliphatic heterocycles. The summed E-state index contributed by atoms with van der Waals surface area (Å²) < 4.78 is 12.6. The lowest BCUT2D eigenvalue weighted by molar-refractivity contribution is -0.118. The Hall–Kier alpha value is -2.85. The highest BCUT2D eigenvalue weighted by atomic mass is 79.9. The lowest BCUT2D eigenvalue weighted by Gasteiger charge is -2.14. The number of ether oxygens (including phenoxy) is 2. The minimum absolute atomic E-state index is 0.190. The standard InChI is InChI=1S/C27H22BrClN2O4S2/c1-15-16(2)21(10-9-20(15)28)30-25(32)14-35-22-11-4-17(12-23(22)34-3)13-24-26(33)31(27(36)37-24)19-7-5-18(29)6-8-19/h4-13H,14H2,1-3H3,(H,30,32)/b24-13-. The van der Waals surface area contributed by atoms with E-state index in [4.69, 9.17) is 33.3 Å². The van der Waals surface area contributed by atoms with E-state index in [1.165, 1.54) is 23.8 Å². The molecule has 3 aromatic carbocycles. The van der Waals surface area contributed by atoms with Gasteiger partial charge in [0, 0.05) is 15.2 Å². The fourth-order valence-corrected chi connectivity index (χ4v) is 5.43. The van der Waals surface area contributed by atoms with Crippen molar-refractivity contribution >= 4 is 85.1 Å². The third kappa shape index (κ3) is 6.18. The summed E-state index contributed by atoms with van der Waals surface area (Å²) in [5.41, 5.74) is 4.15. The van der Waals surface area contributed by atoms with Crippen molar-refractivity contribution in [3.8, 4) is 11.5 Å². The molecule has 4 rings (SSSR count). The number of nitrogens with zero attached hydrogens (tertiary/aromatic N) is 1. The molecule has 1 aliphatic rings. The number of carbonyl (C=O) groups excluding carboxylic acids is 2. The molecule has 0 bridgehead atoms. The fourth-order valence-electron chi connectivity index (χ4n) is 3.58. The molecule has 6 nitrogen and oxygen atoms in total. The third-order valence-electron chi connectivity index (χ3n) is 5.72. The van der Waals surface area contributed by atoms with Crippen LogP contribution in [0, 0.1) is 13.8 Å². The average molecular weight is 618 g/mol. The summed E-state index contributed by atoms with van der Waals surface area (Å²) in [4.78, 5) is 27.5. The Balaban J connectivity index is 1.45. The first kappa shape index (κ1) is 27.2. The molecule has 10 heteroatoms. The molecule has 0 saturated carbocycles. The van der Waals surface area contributed by atoms with Gasteiger partial charge in [-0.15, -0.1) is 0 Å². The minimum Gasteiger partial charge on any atom is -0.493 e. The van der Waals surface area contributed by atoms with Crippen molar-refractivity contribution in [3.63, 3.8) is 0 Å². The van der Waals surface area contributed by atoms with E-state index in [2.05, 4.69) is 21.2 Å². The lowest BCUT2D eigenvalue weighted by atomic mass is 10.1. The van der Waals surface area contributed by atoms with Gasteiger partial charge in [-0.25, -0.2) is 0 Å². The summed E-state index contributed by atoms with van der Waals surface area (Å²) in [5.74, 6) is 0.339. The van der Waals surface area contributed by atoms with Crippen LogP contribution < -0.4 is 19.7 Å². The summed E-state index contributed by atoms with van der Waals surface area (Å²) in [6.07, 6.45) is 1.74. The van der Waals surface area contributed by atoms with Crippen LogP contribution in [0.15, 0.2) is 64.0 Å². The first-order chi connectivity index (χ1) is 17.7. The first-order valence-corrected chi connectivity index (χ1v) is 13.5. The number of anilines is 2. The SMILES string of the molecule is COc1cc(/C=C2\SC(=S)N(c3ccc(Cl)cc3)C2=O)ccc1OCC(=O)Nc1ccc(Br)c(C)c1C. The highest BCUT2D eigenvalue weighted by Gasteiger charge is 2.33. The molecule has 0 spiro atoms. The highest BCUT2D eigenvalue weighted by Crippen LogP contribution is 2.37. The van der Waals surface area contributed by atoms with Crippen LogP contribution in [0.5, 0.6) is 11.5 Å². The molecule has 1 fully saturated rings. The first-order valence-electron chi connectivity index (χ1n) is 11.1. The van der Waals surface area contributed by atoms with Crippen LogP contribution >= 0.6 is 51.5 Å². The van der Waals surface area contributed by atoms with E-state index in [1.54, 1.807) is 48.5 Å². The maximum absolute atomic E-state index is 13.0. The number of benzene rings is 3. The lowest BCUT2D eigenvalue weighted by Crippen LogP contribution is -2.27. The Morgan fingerprint density at radius 2 is 1.84 bits per heavy atom. The van der Waals surface area contributed by atoms with Gasteiger partial charge in [0.2, 0.25) is 0 Å². The number of hydrogen-bond donors (Lipinski definition) is 1. The van der Waals surface area contributed by atoms with Crippen LogP contribution in [-0.2, 0) is 9.59 Å². The van der Waals surface area contributed by atoms with Gasteiger partial charge in [0.15, 0.2) is 22.4 Å². The van der Waals surface area contributed by atoms with E-state index in [-0.39, 0.29) is 18.4 Å². The zero-order valence-electron chi connectivity index (χ0n) is 20.1. The number of halogens is 2. The van der Waals surface area contributed by atoms with Crippen molar-refractivity contribution < 1.29 is 19.1 Å². The van der Waals surface area contributed by atoms with E-state index in [1.807, 2.05) is 26.0 Å². The van der Waals surface area contributed by atoms with Gasteiger partial charge in [0.25, 0.3) is 11.8 Å². The van der Waals surface area contributed by atoms with Gasteiger partial charge in [0.05, 0.1) is 17.7 Å². The monoisotopic (exact) mass is 616 g/mol. The molecule has 0 aliphatic carbocycles. The maximum Gasteiger partial charge on any atom is 0.270 e. The van der Waals surface area contributed by atoms with E-state index in [0.29, 0.717) is 31.4 Å². The Labute approximate surface area is 238 Å². The number of nitrogens with one attached hydrogen (secondary N) is 1. The summed E-state index contributed by atoms with van der Waals surface area (Å²) in [7, 11) is 1.51. The van der Waals surface area contributed by atoms with Gasteiger partial charge in [-0.05, 0) is 85.1 Å². The second kappa shape index (κ2) is 11.7. The van der Waals surface area contributed by atoms with Crippen LogP contribution in [0.2, 0.25) is 5.02 Å². The Morgan fingerprint density at radius 1 is 1.11 bits per heavy atom. The zero-order chi connectivity index (χ0) is 26.7. The molecule has 190 valence electrons. The molecule has 0 aromatic heterocycles. The van der Waals surface area contributed by atoms with Gasteiger partial charge in [0.1, 0.15) is 0 Å². The van der Waals surface area contributed by atoms with E-state index >= 15 is 0 Å². The number of carbonyl (C=O) groups is 2. The Morgan fingerprint density at radius 3 is 2.54 bits per heavy atom. The number of hydrogen-bond acceptors (Lipinski definition) is 6. The number of thioether (sulfide) groups is 1. The summed E-state index contributed by atoms with van der Waals surface area (Å²) in [5, 5.41) is 3.45. The quantitative estimate of drug-likeness (QED) is 0.224. The molecule has 3 aromatic rings. The van der Waals surface area contributed by atoms with Crippen LogP contribution in [0.1, 0.15) is 16.7 Å². The zero-order valence-corrected chi connectivity index (χ0v) is 24.1. The van der Waals surface area contributed by atoms with Crippen molar-refractivity contribution in [3.05, 3.63) is 85.7 Å². The van der Waals surface area contributed by atoms with Crippen LogP contribution in [0.25, 0.3) is 6.08 Å². The Bertz CT molecular complexity index is 1430. The van der Waals surface area contributed by atoms with E-state index < -0.39 is 0 Å². The van der Waals surface area contributed by atoms with Crippen LogP contribution in [0.4, 0.5) is 11.4 Å². The second-order valence-electron chi connectivity index (χ2n) is 8.09. The van der Waals surface area contributed by atoms with Crippen molar-refractivity contribution in [2.75, 3.05) is 23.9 Å². The van der Waals surface area contributed by atoms with Crippen molar-refractivity contribution in [2.45, 2.75) is 13.8 Å². The molecule has 0 radical (unpaired) electrons. The molecule has 0 atom stereocenters. The van der Waals surface area contributed by atoms with Crippen LogP contribution in [-0.4, -0.2) is 29.9 Å². The van der Waals surface area contributed by atoms with E-state index in [9.17, 15) is 9.59 Å². The number of rotatable bonds is 7. The molecule has 37 heavy (non-hydrogen) atoms. The predicted molar refractivity (Wildman–Crippen MR) is 158 cm³/mol. The van der Waals surface area contributed by atoms with Gasteiger partial charge < -0.3 is 14.8 Å².